The van der Waals surface area contributed by atoms with Crippen LogP contribution in [-0.4, -0.2) is 12.4 Å². The van der Waals surface area contributed by atoms with Crippen LogP contribution >= 0.6 is 31.9 Å². The van der Waals surface area contributed by atoms with Crippen LogP contribution in [-0.2, 0) is 0 Å². The van der Waals surface area contributed by atoms with E-state index in [2.05, 4.69) is 31.9 Å². The van der Waals surface area contributed by atoms with Crippen molar-refractivity contribution in [3.63, 3.8) is 0 Å². The minimum Gasteiger partial charge on any atom is -0.494 e. The molecule has 2 nitrogen and oxygen atoms in total. The zero-order valence-corrected chi connectivity index (χ0v) is 13.8. The van der Waals surface area contributed by atoms with E-state index in [-0.39, 0.29) is 11.3 Å². The van der Waals surface area contributed by atoms with Gasteiger partial charge >= 0.3 is 0 Å². The maximum atomic E-state index is 13.8. The second kappa shape index (κ2) is 6.50. The van der Waals surface area contributed by atoms with Gasteiger partial charge in [-0.1, -0.05) is 15.9 Å². The van der Waals surface area contributed by atoms with Crippen LogP contribution in [0.15, 0.2) is 45.3 Å². The van der Waals surface area contributed by atoms with Gasteiger partial charge in [-0.2, -0.15) is 0 Å². The van der Waals surface area contributed by atoms with Gasteiger partial charge in [-0.05, 0) is 59.3 Å². The first kappa shape index (κ1) is 15.2. The summed E-state index contributed by atoms with van der Waals surface area (Å²) in [5, 5.41) is 0. The number of hydrogen-bond acceptors (Lipinski definition) is 2. The molecule has 0 saturated heterocycles. The Hall–Kier alpha value is -1.20. The van der Waals surface area contributed by atoms with Crippen molar-refractivity contribution in [2.24, 2.45) is 0 Å². The number of carbonyl (C=O) groups is 1. The second-order valence-electron chi connectivity index (χ2n) is 4.03. The average molecular weight is 402 g/mol. The SMILES string of the molecule is CCOc1ccc(C(=O)c2cc(Br)ccc2F)c(Br)c1. The molecule has 0 N–H and O–H groups in total. The predicted octanol–water partition coefficient (Wildman–Crippen LogP) is 4.98. The fourth-order valence-electron chi connectivity index (χ4n) is 1.75. The van der Waals surface area contributed by atoms with Crippen molar-refractivity contribution < 1.29 is 13.9 Å². The molecule has 2 rings (SSSR count). The van der Waals surface area contributed by atoms with Crippen LogP contribution in [0.5, 0.6) is 5.75 Å². The van der Waals surface area contributed by atoms with Gasteiger partial charge in [-0.25, -0.2) is 4.39 Å². The van der Waals surface area contributed by atoms with Crippen molar-refractivity contribution in [3.8, 4) is 5.75 Å². The Balaban J connectivity index is 2.40. The molecule has 2 aromatic rings. The predicted molar refractivity (Wildman–Crippen MR) is 82.8 cm³/mol. The summed E-state index contributed by atoms with van der Waals surface area (Å²) in [4.78, 5) is 12.4. The number of ketones is 1. The third-order valence-electron chi connectivity index (χ3n) is 2.67. The van der Waals surface area contributed by atoms with Crippen molar-refractivity contribution in [2.75, 3.05) is 6.61 Å². The molecule has 0 radical (unpaired) electrons. The highest BCUT2D eigenvalue weighted by molar-refractivity contribution is 9.10. The van der Waals surface area contributed by atoms with Gasteiger partial charge in [0.05, 0.1) is 12.2 Å². The first-order valence-corrected chi connectivity index (χ1v) is 7.53. The molecule has 0 aliphatic rings. The summed E-state index contributed by atoms with van der Waals surface area (Å²) in [6.45, 7) is 2.42. The highest BCUT2D eigenvalue weighted by atomic mass is 79.9. The molecule has 20 heavy (non-hydrogen) atoms. The third-order valence-corrected chi connectivity index (χ3v) is 3.82. The highest BCUT2D eigenvalue weighted by Crippen LogP contribution is 2.27. The van der Waals surface area contributed by atoms with Gasteiger partial charge in [0.1, 0.15) is 11.6 Å². The monoisotopic (exact) mass is 400 g/mol. The lowest BCUT2D eigenvalue weighted by molar-refractivity contribution is 0.103. The van der Waals surface area contributed by atoms with Gasteiger partial charge < -0.3 is 4.74 Å². The zero-order valence-electron chi connectivity index (χ0n) is 10.6. The number of carbonyl (C=O) groups excluding carboxylic acids is 1. The molecule has 0 saturated carbocycles. The first-order chi connectivity index (χ1) is 9.52. The van der Waals surface area contributed by atoms with Crippen molar-refractivity contribution in [3.05, 3.63) is 62.3 Å². The maximum absolute atomic E-state index is 13.8. The second-order valence-corrected chi connectivity index (χ2v) is 5.80. The highest BCUT2D eigenvalue weighted by Gasteiger charge is 2.17. The molecule has 0 atom stereocenters. The van der Waals surface area contributed by atoms with Crippen molar-refractivity contribution in [1.82, 2.24) is 0 Å². The smallest absolute Gasteiger partial charge is 0.197 e. The van der Waals surface area contributed by atoms with Gasteiger partial charge in [0.15, 0.2) is 5.78 Å². The Labute approximate surface area is 133 Å². The third kappa shape index (κ3) is 3.27. The summed E-state index contributed by atoms with van der Waals surface area (Å²) < 4.78 is 20.3. The molecule has 0 fully saturated rings. The van der Waals surface area contributed by atoms with Crippen molar-refractivity contribution >= 4 is 37.6 Å². The number of rotatable bonds is 4. The molecule has 0 unspecified atom stereocenters. The van der Waals surface area contributed by atoms with Crippen LogP contribution in [0, 0.1) is 5.82 Å². The van der Waals surface area contributed by atoms with E-state index in [1.54, 1.807) is 24.3 Å². The Morgan fingerprint density at radius 2 is 1.90 bits per heavy atom. The van der Waals surface area contributed by atoms with Crippen LogP contribution in [0.1, 0.15) is 22.8 Å². The van der Waals surface area contributed by atoms with Gasteiger partial charge in [-0.15, -0.1) is 0 Å². The van der Waals surface area contributed by atoms with Crippen LogP contribution in [0.4, 0.5) is 4.39 Å². The van der Waals surface area contributed by atoms with E-state index in [0.717, 1.165) is 0 Å². The first-order valence-electron chi connectivity index (χ1n) is 5.95. The Morgan fingerprint density at radius 3 is 2.55 bits per heavy atom. The summed E-state index contributed by atoms with van der Waals surface area (Å²) >= 11 is 6.56. The van der Waals surface area contributed by atoms with E-state index < -0.39 is 5.82 Å². The molecule has 104 valence electrons. The lowest BCUT2D eigenvalue weighted by Crippen LogP contribution is -2.05. The summed E-state index contributed by atoms with van der Waals surface area (Å²) in [5.41, 5.74) is 0.426. The molecule has 0 aromatic heterocycles. The molecule has 0 spiro atoms. The molecule has 2 aromatic carbocycles. The summed E-state index contributed by atoms with van der Waals surface area (Å²) in [5.74, 6) is -0.261. The van der Waals surface area contributed by atoms with Crippen LogP contribution < -0.4 is 4.74 Å². The maximum Gasteiger partial charge on any atom is 0.197 e. The van der Waals surface area contributed by atoms with E-state index in [9.17, 15) is 9.18 Å². The number of ether oxygens (including phenoxy) is 1. The zero-order chi connectivity index (χ0) is 14.7. The van der Waals surface area contributed by atoms with Crippen LogP contribution in [0.3, 0.4) is 0 Å². The summed E-state index contributed by atoms with van der Waals surface area (Å²) in [7, 11) is 0. The quantitative estimate of drug-likeness (QED) is 0.675. The Morgan fingerprint density at radius 1 is 1.15 bits per heavy atom. The molecule has 0 heterocycles. The topological polar surface area (TPSA) is 26.3 Å². The molecule has 0 amide bonds. The summed E-state index contributed by atoms with van der Waals surface area (Å²) in [6, 6.07) is 9.31. The van der Waals surface area contributed by atoms with Gasteiger partial charge in [0, 0.05) is 14.5 Å². The van der Waals surface area contributed by atoms with E-state index in [1.807, 2.05) is 6.92 Å². The Kier molecular flexibility index (Phi) is 4.94. The minimum atomic E-state index is -0.543. The van der Waals surface area contributed by atoms with Crippen LogP contribution in [0.2, 0.25) is 0 Å². The largest absolute Gasteiger partial charge is 0.494 e. The standard InChI is InChI=1S/C15H11Br2FO2/c1-2-20-10-4-5-11(13(17)8-10)15(19)12-7-9(16)3-6-14(12)18/h3-8H,2H2,1H3. The number of halogens is 3. The lowest BCUT2D eigenvalue weighted by Gasteiger charge is -2.08. The van der Waals surface area contributed by atoms with E-state index in [0.29, 0.717) is 26.9 Å². The fraction of sp³-hybridized carbons (Fsp3) is 0.133. The average Bonchev–Trinajstić information content (AvgIpc) is 2.41. The minimum absolute atomic E-state index is 0.0317. The van der Waals surface area contributed by atoms with Crippen LogP contribution in [0.25, 0.3) is 0 Å². The molecular weight excluding hydrogens is 391 g/mol. The fourth-order valence-corrected chi connectivity index (χ4v) is 2.65. The van der Waals surface area contributed by atoms with E-state index in [4.69, 9.17) is 4.74 Å². The summed E-state index contributed by atoms with van der Waals surface area (Å²) in [6.07, 6.45) is 0. The molecule has 0 bridgehead atoms. The lowest BCUT2D eigenvalue weighted by atomic mass is 10.0. The van der Waals surface area contributed by atoms with Gasteiger partial charge in [0.2, 0.25) is 0 Å². The van der Waals surface area contributed by atoms with Crippen molar-refractivity contribution in [2.45, 2.75) is 6.92 Å². The van der Waals surface area contributed by atoms with E-state index in [1.165, 1.54) is 12.1 Å². The van der Waals surface area contributed by atoms with Gasteiger partial charge in [0.25, 0.3) is 0 Å². The van der Waals surface area contributed by atoms with E-state index >= 15 is 0 Å². The van der Waals surface area contributed by atoms with Crippen molar-refractivity contribution in [1.29, 1.82) is 0 Å². The number of hydrogen-bond donors (Lipinski definition) is 0. The number of benzene rings is 2. The molecule has 0 aliphatic heterocycles. The molecular formula is C15H11Br2FO2. The normalized spacial score (nSPS) is 10.4. The Bertz CT molecular complexity index is 656. The molecule has 0 aliphatic carbocycles. The van der Waals surface area contributed by atoms with Gasteiger partial charge in [-0.3, -0.25) is 4.79 Å². The molecule has 5 heteroatoms.